The molecule has 1 unspecified atom stereocenters. The lowest BCUT2D eigenvalue weighted by molar-refractivity contribution is -0.140. The van der Waals surface area contributed by atoms with Crippen molar-refractivity contribution >= 4 is 17.2 Å². The van der Waals surface area contributed by atoms with Crippen molar-refractivity contribution in [3.8, 4) is 0 Å². The zero-order chi connectivity index (χ0) is 18.3. The van der Waals surface area contributed by atoms with E-state index in [0.717, 1.165) is 79.1 Å². The molecular formula is C18H21F3N4S. The SMILES string of the molecule is Cc1nc2c(c(N3CCCC(c4nc(C(F)(F)F)cs4)C3)n1)CCCC2. The molecule has 0 bridgehead atoms. The van der Waals surface area contributed by atoms with Crippen molar-refractivity contribution in [2.24, 2.45) is 0 Å². The van der Waals surface area contributed by atoms with Crippen LogP contribution in [0.5, 0.6) is 0 Å². The first-order valence-corrected chi connectivity index (χ1v) is 9.94. The first-order chi connectivity index (χ1) is 12.4. The molecule has 2 aromatic rings. The average molecular weight is 382 g/mol. The Labute approximate surface area is 154 Å². The van der Waals surface area contributed by atoms with Gasteiger partial charge in [-0.25, -0.2) is 15.0 Å². The van der Waals surface area contributed by atoms with Gasteiger partial charge in [-0.3, -0.25) is 0 Å². The van der Waals surface area contributed by atoms with Crippen LogP contribution >= 0.6 is 11.3 Å². The second kappa shape index (κ2) is 6.79. The van der Waals surface area contributed by atoms with Gasteiger partial charge in [0.2, 0.25) is 0 Å². The molecular weight excluding hydrogens is 361 g/mol. The van der Waals surface area contributed by atoms with E-state index in [-0.39, 0.29) is 5.92 Å². The molecule has 4 rings (SSSR count). The Bertz CT molecular complexity index is 802. The molecule has 2 aliphatic rings. The molecule has 0 N–H and O–H groups in total. The maximum atomic E-state index is 12.9. The quantitative estimate of drug-likeness (QED) is 0.766. The van der Waals surface area contributed by atoms with Crippen LogP contribution in [0.15, 0.2) is 5.38 Å². The number of piperidine rings is 1. The Morgan fingerprint density at radius 1 is 1.12 bits per heavy atom. The number of hydrogen-bond acceptors (Lipinski definition) is 5. The van der Waals surface area contributed by atoms with E-state index in [1.54, 1.807) is 0 Å². The molecule has 0 aromatic carbocycles. The normalized spacial score (nSPS) is 20.9. The molecule has 1 aliphatic heterocycles. The molecule has 0 radical (unpaired) electrons. The third-order valence-corrected chi connectivity index (χ3v) is 6.16. The predicted octanol–water partition coefficient (Wildman–Crippen LogP) is 4.52. The molecule has 1 saturated heterocycles. The average Bonchev–Trinajstić information content (AvgIpc) is 3.12. The highest BCUT2D eigenvalue weighted by molar-refractivity contribution is 7.09. The fraction of sp³-hybridized carbons (Fsp3) is 0.611. The number of rotatable bonds is 2. The van der Waals surface area contributed by atoms with Crippen LogP contribution in [-0.2, 0) is 19.0 Å². The molecule has 1 aliphatic carbocycles. The van der Waals surface area contributed by atoms with E-state index in [4.69, 9.17) is 4.98 Å². The van der Waals surface area contributed by atoms with E-state index in [2.05, 4.69) is 14.9 Å². The largest absolute Gasteiger partial charge is 0.434 e. The van der Waals surface area contributed by atoms with Crippen molar-refractivity contribution in [2.75, 3.05) is 18.0 Å². The summed E-state index contributed by atoms with van der Waals surface area (Å²) in [4.78, 5) is 15.4. The molecule has 140 valence electrons. The summed E-state index contributed by atoms with van der Waals surface area (Å²) < 4.78 is 38.6. The lowest BCUT2D eigenvalue weighted by atomic mass is 9.94. The summed E-state index contributed by atoms with van der Waals surface area (Å²) in [5, 5.41) is 1.71. The van der Waals surface area contributed by atoms with Gasteiger partial charge in [0.1, 0.15) is 11.6 Å². The third-order valence-electron chi connectivity index (χ3n) is 5.16. The minimum absolute atomic E-state index is 0.0272. The molecule has 1 atom stereocenters. The summed E-state index contributed by atoms with van der Waals surface area (Å²) in [5.41, 5.74) is 1.61. The highest BCUT2D eigenvalue weighted by atomic mass is 32.1. The van der Waals surface area contributed by atoms with Crippen LogP contribution < -0.4 is 4.90 Å². The summed E-state index contributed by atoms with van der Waals surface area (Å²) in [6.45, 7) is 3.47. The molecule has 2 aromatic heterocycles. The van der Waals surface area contributed by atoms with E-state index < -0.39 is 11.9 Å². The second-order valence-corrected chi connectivity index (χ2v) is 7.97. The van der Waals surface area contributed by atoms with Crippen LogP contribution in [-0.4, -0.2) is 28.0 Å². The minimum Gasteiger partial charge on any atom is -0.356 e. The Morgan fingerprint density at radius 3 is 2.69 bits per heavy atom. The first-order valence-electron chi connectivity index (χ1n) is 9.06. The molecule has 8 heteroatoms. The van der Waals surface area contributed by atoms with Gasteiger partial charge < -0.3 is 4.90 Å². The van der Waals surface area contributed by atoms with Crippen LogP contribution in [0.1, 0.15) is 59.4 Å². The van der Waals surface area contributed by atoms with E-state index in [0.29, 0.717) is 11.6 Å². The standard InChI is InChI=1S/C18H21F3N4S/c1-11-22-14-7-3-2-6-13(14)16(23-11)25-8-4-5-12(9-25)17-24-15(10-26-17)18(19,20)21/h10,12H,2-9H2,1H3. The number of nitrogens with zero attached hydrogens (tertiary/aromatic N) is 4. The van der Waals surface area contributed by atoms with Crippen LogP contribution in [0.4, 0.5) is 19.0 Å². The molecule has 0 spiro atoms. The van der Waals surface area contributed by atoms with Crippen molar-refractivity contribution in [3.05, 3.63) is 33.2 Å². The van der Waals surface area contributed by atoms with Crippen molar-refractivity contribution in [3.63, 3.8) is 0 Å². The van der Waals surface area contributed by atoms with Crippen molar-refractivity contribution in [1.29, 1.82) is 0 Å². The topological polar surface area (TPSA) is 41.9 Å². The van der Waals surface area contributed by atoms with Crippen LogP contribution in [0.2, 0.25) is 0 Å². The fourth-order valence-corrected chi connectivity index (χ4v) is 4.89. The van der Waals surface area contributed by atoms with Crippen molar-refractivity contribution < 1.29 is 13.2 Å². The van der Waals surface area contributed by atoms with E-state index in [9.17, 15) is 13.2 Å². The number of halogens is 3. The number of fused-ring (bicyclic) bond motifs is 1. The van der Waals surface area contributed by atoms with Gasteiger partial charge in [-0.2, -0.15) is 13.2 Å². The monoisotopic (exact) mass is 382 g/mol. The van der Waals surface area contributed by atoms with Crippen LogP contribution in [0, 0.1) is 6.92 Å². The van der Waals surface area contributed by atoms with E-state index >= 15 is 0 Å². The van der Waals surface area contributed by atoms with Gasteiger partial charge in [0, 0.05) is 35.6 Å². The first kappa shape index (κ1) is 17.7. The fourth-order valence-electron chi connectivity index (χ4n) is 3.93. The number of alkyl halides is 3. The van der Waals surface area contributed by atoms with Gasteiger partial charge in [0.25, 0.3) is 0 Å². The predicted molar refractivity (Wildman–Crippen MR) is 94.7 cm³/mol. The summed E-state index contributed by atoms with van der Waals surface area (Å²) in [6.07, 6.45) is 1.71. The van der Waals surface area contributed by atoms with Crippen molar-refractivity contribution in [2.45, 2.75) is 57.5 Å². The Balaban J connectivity index is 1.60. The van der Waals surface area contributed by atoms with Gasteiger partial charge >= 0.3 is 6.18 Å². The second-order valence-electron chi connectivity index (χ2n) is 7.08. The molecule has 3 heterocycles. The Kier molecular flexibility index (Phi) is 4.62. The van der Waals surface area contributed by atoms with Gasteiger partial charge in [0.05, 0.1) is 5.01 Å². The highest BCUT2D eigenvalue weighted by Crippen LogP contribution is 2.37. The summed E-state index contributed by atoms with van der Waals surface area (Å²) in [7, 11) is 0. The van der Waals surface area contributed by atoms with Crippen LogP contribution in [0.3, 0.4) is 0 Å². The third kappa shape index (κ3) is 3.43. The Hall–Kier alpha value is -1.70. The number of aryl methyl sites for hydroxylation is 2. The maximum Gasteiger partial charge on any atom is 0.434 e. The lowest BCUT2D eigenvalue weighted by Crippen LogP contribution is -2.36. The zero-order valence-corrected chi connectivity index (χ0v) is 15.5. The van der Waals surface area contributed by atoms with E-state index in [1.165, 1.54) is 5.56 Å². The lowest BCUT2D eigenvalue weighted by Gasteiger charge is -2.35. The van der Waals surface area contributed by atoms with Gasteiger partial charge in [0.15, 0.2) is 5.69 Å². The number of thiazole rings is 1. The maximum absolute atomic E-state index is 12.9. The van der Waals surface area contributed by atoms with Gasteiger partial charge in [-0.1, -0.05) is 0 Å². The van der Waals surface area contributed by atoms with Crippen molar-refractivity contribution in [1.82, 2.24) is 15.0 Å². The number of hydrogen-bond donors (Lipinski definition) is 0. The number of aromatic nitrogens is 3. The summed E-state index contributed by atoms with van der Waals surface area (Å²) in [6, 6.07) is 0. The minimum atomic E-state index is -4.37. The summed E-state index contributed by atoms with van der Waals surface area (Å²) >= 11 is 1.12. The van der Waals surface area contributed by atoms with Gasteiger partial charge in [-0.15, -0.1) is 11.3 Å². The smallest absolute Gasteiger partial charge is 0.356 e. The number of anilines is 1. The summed E-state index contributed by atoms with van der Waals surface area (Å²) in [5.74, 6) is 1.79. The molecule has 26 heavy (non-hydrogen) atoms. The van der Waals surface area contributed by atoms with E-state index in [1.807, 2.05) is 6.92 Å². The molecule has 0 saturated carbocycles. The Morgan fingerprint density at radius 2 is 1.92 bits per heavy atom. The molecule has 4 nitrogen and oxygen atoms in total. The zero-order valence-electron chi connectivity index (χ0n) is 14.6. The highest BCUT2D eigenvalue weighted by Gasteiger charge is 2.35. The van der Waals surface area contributed by atoms with Crippen LogP contribution in [0.25, 0.3) is 0 Å². The molecule has 0 amide bonds. The molecule has 1 fully saturated rings. The van der Waals surface area contributed by atoms with Gasteiger partial charge in [-0.05, 0) is 45.4 Å².